The Hall–Kier alpha value is -10.2. The minimum absolute atomic E-state index is 0.105. The zero-order valence-corrected chi connectivity index (χ0v) is 49.6. The Balaban J connectivity index is 0.000000173. The molecule has 3 unspecified atom stereocenters. The first-order valence-electron chi connectivity index (χ1n) is 28.9. The van der Waals surface area contributed by atoms with Crippen molar-refractivity contribution >= 4 is 74.7 Å². The number of hydrogen-bond donors (Lipinski definition) is 6. The highest BCUT2D eigenvalue weighted by Gasteiger charge is 2.41. The number of amides is 3. The number of esters is 3. The van der Waals surface area contributed by atoms with E-state index in [1.165, 1.54) is 0 Å². The van der Waals surface area contributed by atoms with Crippen LogP contribution in [0.15, 0.2) is 199 Å². The van der Waals surface area contributed by atoms with Crippen LogP contribution in [0.5, 0.6) is 0 Å². The average molecular weight is 1210 g/mol. The average Bonchev–Trinajstić information content (AvgIpc) is 3.11. The lowest BCUT2D eigenvalue weighted by Crippen LogP contribution is -2.48. The molecule has 6 aromatic carbocycles. The molecule has 3 amide bonds. The summed E-state index contributed by atoms with van der Waals surface area (Å²) in [5, 5.41) is 10.1. The van der Waals surface area contributed by atoms with Gasteiger partial charge in [-0.2, -0.15) is 13.2 Å². The number of aromatic amines is 3. The number of aromatic nitrogens is 3. The number of halogens is 3. The molecule has 10 rings (SSSR count). The molecule has 89 heavy (non-hydrogen) atoms. The van der Waals surface area contributed by atoms with Crippen LogP contribution in [0.25, 0.3) is 32.7 Å². The highest BCUT2D eigenvalue weighted by atomic mass is 19.4. The fourth-order valence-electron chi connectivity index (χ4n) is 9.59. The molecule has 0 saturated heterocycles. The van der Waals surface area contributed by atoms with Crippen molar-refractivity contribution in [2.45, 2.75) is 110 Å². The van der Waals surface area contributed by atoms with E-state index in [0.717, 1.165) is 67.1 Å². The van der Waals surface area contributed by atoms with Gasteiger partial charge in [-0.1, -0.05) is 159 Å². The molecule has 17 nitrogen and oxygen atoms in total. The minimum atomic E-state index is -5.10. The number of nitrogens with zero attached hydrogens (tertiary/aromatic N) is 1. The van der Waals surface area contributed by atoms with Crippen molar-refractivity contribution in [1.82, 2.24) is 30.9 Å². The molecule has 1 aliphatic rings. The molecule has 3 aromatic heterocycles. The van der Waals surface area contributed by atoms with Gasteiger partial charge in [0.05, 0.1) is 0 Å². The van der Waals surface area contributed by atoms with Gasteiger partial charge in [0.25, 0.3) is 0 Å². The Labute approximate surface area is 512 Å². The first kappa shape index (κ1) is 64.8. The van der Waals surface area contributed by atoms with Gasteiger partial charge in [-0.15, -0.1) is 0 Å². The lowest BCUT2D eigenvalue weighted by molar-refractivity contribution is -0.176. The van der Waals surface area contributed by atoms with Crippen molar-refractivity contribution < 1.29 is 60.9 Å². The first-order chi connectivity index (χ1) is 42.8. The second-order valence-corrected chi connectivity index (χ2v) is 22.1. The Kier molecular flexibility index (Phi) is 22.5. The van der Waals surface area contributed by atoms with Crippen molar-refractivity contribution in [3.8, 4) is 0 Å². The molecule has 0 radical (unpaired) electrons. The summed E-state index contributed by atoms with van der Waals surface area (Å²) in [6.07, 6.45) is 5.27. The number of alkyl halides is 3. The van der Waals surface area contributed by atoms with Gasteiger partial charge < -0.3 is 49.8 Å². The standard InChI is InChI=1S/C26H27N3O3.C23H26N2O4.C20H17F3N2O3/c1-18(14-21-10-7-13-27-21)25(30)29-24(26(31)32-17-19-8-3-2-4-9-19)15-20-16-28-23-12-6-5-11-22(20)23;1-23(2,3)29-22(27)25-20(21(26)28-15-16-9-5-4-6-10-16)13-17-14-24-19-12-8-7-11-18(17)19;21-20(22,23)19(27)25-17(18(26)28-12-13-6-2-1-3-7-13)10-14-11-24-16-9-5-4-8-15(14)16/h2-6,8-13,16,18,24,28H,7,14-15,17H2,1H3,(H,29,30);4-12,14,20,24H,13,15H2,1-3H3,(H,25,27);1-9,11,17,24H,10,12H2,(H,25,27)/t18?,24-;;/m0../s1. The van der Waals surface area contributed by atoms with Gasteiger partial charge in [-0.3, -0.25) is 14.6 Å². The summed E-state index contributed by atoms with van der Waals surface area (Å²) in [4.78, 5) is 88.5. The Bertz CT molecular complexity index is 3890. The third-order valence-corrected chi connectivity index (χ3v) is 14.1. The number of para-hydroxylation sites is 3. The maximum absolute atomic E-state index is 13.0. The van der Waals surface area contributed by atoms with E-state index in [1.807, 2.05) is 141 Å². The Morgan fingerprint density at radius 3 is 1.21 bits per heavy atom. The molecule has 0 bridgehead atoms. The molecule has 1 aliphatic heterocycles. The quantitative estimate of drug-likeness (QED) is 0.0294. The number of carbonyl (C=O) groups is 6. The summed E-state index contributed by atoms with van der Waals surface area (Å²) in [7, 11) is 0. The lowest BCUT2D eigenvalue weighted by atomic mass is 10.0. The van der Waals surface area contributed by atoms with Crippen LogP contribution in [0.4, 0.5) is 18.0 Å². The maximum Gasteiger partial charge on any atom is 0.471 e. The van der Waals surface area contributed by atoms with Gasteiger partial charge in [-0.05, 0) is 72.4 Å². The summed E-state index contributed by atoms with van der Waals surface area (Å²) >= 11 is 0. The molecular formula is C69H70F3N7O10. The topological polar surface area (TPSA) is 235 Å². The minimum Gasteiger partial charge on any atom is -0.459 e. The fraction of sp³-hybridized carbons (Fsp3) is 0.261. The van der Waals surface area contributed by atoms with E-state index in [2.05, 4.69) is 30.6 Å². The summed E-state index contributed by atoms with van der Waals surface area (Å²) in [6.45, 7) is 7.37. The third kappa shape index (κ3) is 19.6. The number of hydrogen-bond acceptors (Lipinski definition) is 11. The molecule has 0 fully saturated rings. The van der Waals surface area contributed by atoms with Crippen LogP contribution >= 0.6 is 0 Å². The second kappa shape index (κ2) is 30.9. The molecular weight excluding hydrogens is 1140 g/mol. The van der Waals surface area contributed by atoms with E-state index in [4.69, 9.17) is 18.9 Å². The van der Waals surface area contributed by atoms with Crippen LogP contribution < -0.4 is 16.0 Å². The second-order valence-electron chi connectivity index (χ2n) is 22.1. The molecule has 0 aliphatic carbocycles. The predicted octanol–water partition coefficient (Wildman–Crippen LogP) is 12.2. The third-order valence-electron chi connectivity index (χ3n) is 14.1. The van der Waals surface area contributed by atoms with Gasteiger partial charge in [0, 0.05) is 101 Å². The number of aliphatic imine (C=N–C) groups is 1. The predicted molar refractivity (Wildman–Crippen MR) is 333 cm³/mol. The monoisotopic (exact) mass is 1210 g/mol. The van der Waals surface area contributed by atoms with Crippen LogP contribution in [0.3, 0.4) is 0 Å². The number of carbonyl (C=O) groups excluding carboxylic acids is 6. The van der Waals surface area contributed by atoms with Gasteiger partial charge in [0.15, 0.2) is 0 Å². The van der Waals surface area contributed by atoms with Crippen LogP contribution in [-0.4, -0.2) is 86.9 Å². The normalized spacial score (nSPS) is 13.3. The number of benzene rings is 6. The van der Waals surface area contributed by atoms with Crippen molar-refractivity contribution in [3.63, 3.8) is 0 Å². The highest BCUT2D eigenvalue weighted by Crippen LogP contribution is 2.25. The zero-order chi connectivity index (χ0) is 63.3. The van der Waals surface area contributed by atoms with Crippen molar-refractivity contribution in [3.05, 3.63) is 228 Å². The number of H-pyrrole nitrogens is 3. The van der Waals surface area contributed by atoms with E-state index < -0.39 is 59.8 Å². The Morgan fingerprint density at radius 1 is 0.494 bits per heavy atom. The molecule has 20 heteroatoms. The van der Waals surface area contributed by atoms with E-state index in [1.54, 1.807) is 86.9 Å². The summed E-state index contributed by atoms with van der Waals surface area (Å²) in [6, 6.07) is 47.4. The SMILES string of the molecule is CC(C)(C)OC(=O)NC(Cc1c[nH]c2ccccc12)C(=O)OCc1ccccc1.CC(CC1=CCC=N1)C(=O)N[C@@H](Cc1c[nH]c2ccccc12)C(=O)OCc1ccccc1.O=C(OCc1ccccc1)C(Cc1c[nH]c2ccccc12)NC(=O)C(F)(F)F. The Morgan fingerprint density at radius 2 is 0.854 bits per heavy atom. The van der Waals surface area contributed by atoms with Crippen LogP contribution in [0.2, 0.25) is 0 Å². The first-order valence-corrected chi connectivity index (χ1v) is 28.9. The van der Waals surface area contributed by atoms with Crippen LogP contribution in [0.1, 0.15) is 73.9 Å². The molecule has 4 heterocycles. The number of rotatable bonds is 21. The fourth-order valence-corrected chi connectivity index (χ4v) is 9.59. The van der Waals surface area contributed by atoms with Gasteiger partial charge >= 0.3 is 36.1 Å². The van der Waals surface area contributed by atoms with E-state index in [-0.39, 0.29) is 44.5 Å². The van der Waals surface area contributed by atoms with Crippen LogP contribution in [0, 0.1) is 5.92 Å². The smallest absolute Gasteiger partial charge is 0.459 e. The van der Waals surface area contributed by atoms with E-state index >= 15 is 0 Å². The molecule has 0 spiro atoms. The molecule has 0 saturated carbocycles. The van der Waals surface area contributed by atoms with Crippen molar-refractivity contribution in [2.24, 2.45) is 10.9 Å². The number of allylic oxidation sites excluding steroid dienone is 2. The zero-order valence-electron chi connectivity index (χ0n) is 49.6. The largest absolute Gasteiger partial charge is 0.471 e. The van der Waals surface area contributed by atoms with E-state index in [0.29, 0.717) is 24.0 Å². The molecule has 6 N–H and O–H groups in total. The molecule has 4 atom stereocenters. The number of nitrogens with one attached hydrogen (secondary N) is 6. The van der Waals surface area contributed by atoms with Gasteiger partial charge in [0.2, 0.25) is 5.91 Å². The van der Waals surface area contributed by atoms with E-state index in [9.17, 15) is 41.9 Å². The summed E-state index contributed by atoms with van der Waals surface area (Å²) in [5.41, 5.74) is 7.91. The summed E-state index contributed by atoms with van der Waals surface area (Å²) < 4.78 is 59.5. The number of alkyl carbamates (subject to hydrolysis) is 1. The van der Waals surface area contributed by atoms with Gasteiger partial charge in [-0.25, -0.2) is 19.2 Å². The summed E-state index contributed by atoms with van der Waals surface area (Å²) in [5.74, 6) is -4.57. The van der Waals surface area contributed by atoms with Crippen molar-refractivity contribution in [1.29, 1.82) is 0 Å². The van der Waals surface area contributed by atoms with Crippen molar-refractivity contribution in [2.75, 3.05) is 0 Å². The number of fused-ring (bicyclic) bond motifs is 3. The molecule has 9 aromatic rings. The molecule has 462 valence electrons. The maximum atomic E-state index is 13.0. The van der Waals surface area contributed by atoms with Crippen LogP contribution in [-0.2, 0) is 82.0 Å². The van der Waals surface area contributed by atoms with Gasteiger partial charge in [0.1, 0.15) is 43.5 Å². The number of ether oxygens (including phenoxy) is 4. The highest BCUT2D eigenvalue weighted by molar-refractivity contribution is 5.91. The lowest BCUT2D eigenvalue weighted by Gasteiger charge is -2.23.